The zero-order valence-electron chi connectivity index (χ0n) is 18.0. The second-order valence-electron chi connectivity index (χ2n) is 7.78. The molecular weight excluding hydrogens is 442 g/mol. The lowest BCUT2D eigenvalue weighted by molar-refractivity contribution is -0.384. The fourth-order valence-electron chi connectivity index (χ4n) is 4.42. The number of benzene rings is 2. The maximum absolute atomic E-state index is 13.7. The molecule has 1 aliphatic heterocycles. The van der Waals surface area contributed by atoms with Crippen molar-refractivity contribution in [2.75, 3.05) is 20.8 Å². The molecule has 1 N–H and O–H groups in total. The molecule has 1 amide bonds. The molecular formula is C24H21N3O5S. The molecule has 1 atom stereocenters. The number of aromatic nitrogens is 1. The number of nitro benzene ring substituents is 1. The summed E-state index contributed by atoms with van der Waals surface area (Å²) in [5.74, 6) is 1.12. The van der Waals surface area contributed by atoms with Crippen molar-refractivity contribution in [1.82, 2.24) is 9.88 Å². The number of nitrogens with one attached hydrogen (secondary N) is 1. The average Bonchev–Trinajstić information content (AvgIpc) is 3.51. The number of rotatable bonds is 5. The van der Waals surface area contributed by atoms with Crippen LogP contribution in [0.5, 0.6) is 11.5 Å². The lowest BCUT2D eigenvalue weighted by atomic mass is 9.90. The van der Waals surface area contributed by atoms with Gasteiger partial charge in [0, 0.05) is 34.5 Å². The van der Waals surface area contributed by atoms with Gasteiger partial charge in [-0.2, -0.15) is 0 Å². The van der Waals surface area contributed by atoms with Crippen LogP contribution in [0.3, 0.4) is 0 Å². The molecule has 8 nitrogen and oxygen atoms in total. The van der Waals surface area contributed by atoms with Gasteiger partial charge in [0.25, 0.3) is 11.6 Å². The number of fused-ring (bicyclic) bond motifs is 2. The van der Waals surface area contributed by atoms with E-state index in [1.54, 1.807) is 37.7 Å². The number of H-pyrrole nitrogens is 1. The summed E-state index contributed by atoms with van der Waals surface area (Å²) in [6.45, 7) is 0.527. The Balaban J connectivity index is 1.58. The third-order valence-corrected chi connectivity index (χ3v) is 6.92. The van der Waals surface area contributed by atoms with Gasteiger partial charge in [-0.05, 0) is 53.3 Å². The quantitative estimate of drug-likeness (QED) is 0.334. The lowest BCUT2D eigenvalue weighted by Crippen LogP contribution is -2.40. The van der Waals surface area contributed by atoms with Crippen LogP contribution in [0.4, 0.5) is 5.69 Å². The van der Waals surface area contributed by atoms with E-state index in [0.717, 1.165) is 16.0 Å². The number of amides is 1. The highest BCUT2D eigenvalue weighted by atomic mass is 32.1. The molecule has 0 saturated carbocycles. The zero-order chi connectivity index (χ0) is 23.1. The van der Waals surface area contributed by atoms with Crippen molar-refractivity contribution in [3.63, 3.8) is 0 Å². The normalized spacial score (nSPS) is 15.3. The molecule has 0 aliphatic carbocycles. The fourth-order valence-corrected chi connectivity index (χ4v) is 5.28. The molecule has 5 rings (SSSR count). The van der Waals surface area contributed by atoms with E-state index in [9.17, 15) is 14.9 Å². The van der Waals surface area contributed by atoms with Crippen LogP contribution in [0.2, 0.25) is 0 Å². The van der Waals surface area contributed by atoms with E-state index in [4.69, 9.17) is 9.47 Å². The number of hydrogen-bond donors (Lipinski definition) is 1. The van der Waals surface area contributed by atoms with Crippen LogP contribution in [0, 0.1) is 10.1 Å². The van der Waals surface area contributed by atoms with Crippen molar-refractivity contribution in [1.29, 1.82) is 0 Å². The molecule has 33 heavy (non-hydrogen) atoms. The molecule has 3 heterocycles. The summed E-state index contributed by atoms with van der Waals surface area (Å²) in [4.78, 5) is 30.4. The smallest absolute Gasteiger partial charge is 0.271 e. The predicted octanol–water partition coefficient (Wildman–Crippen LogP) is 4.94. The van der Waals surface area contributed by atoms with Crippen molar-refractivity contribution in [3.8, 4) is 11.5 Å². The molecule has 2 aromatic heterocycles. The molecule has 2 aromatic carbocycles. The number of aromatic amines is 1. The van der Waals surface area contributed by atoms with Crippen LogP contribution in [-0.2, 0) is 6.42 Å². The number of carbonyl (C=O) groups is 1. The second kappa shape index (κ2) is 8.25. The third-order valence-electron chi connectivity index (χ3n) is 5.99. The number of methoxy groups -OCH3 is 2. The van der Waals surface area contributed by atoms with E-state index < -0.39 is 4.92 Å². The van der Waals surface area contributed by atoms with E-state index in [0.29, 0.717) is 41.1 Å². The molecule has 0 spiro atoms. The Bertz CT molecular complexity index is 1360. The Morgan fingerprint density at radius 2 is 1.94 bits per heavy atom. The monoisotopic (exact) mass is 463 g/mol. The topological polar surface area (TPSA) is 97.7 Å². The number of carbonyl (C=O) groups excluding carboxylic acids is 1. The van der Waals surface area contributed by atoms with Crippen LogP contribution in [0.1, 0.15) is 32.5 Å². The molecule has 1 aliphatic rings. The summed E-state index contributed by atoms with van der Waals surface area (Å²) in [5, 5.41) is 13.7. The molecule has 0 fully saturated rings. The maximum atomic E-state index is 13.7. The Kier molecular flexibility index (Phi) is 5.26. The van der Waals surface area contributed by atoms with Gasteiger partial charge in [0.2, 0.25) is 0 Å². The molecule has 0 bridgehead atoms. The van der Waals surface area contributed by atoms with Gasteiger partial charge in [-0.25, -0.2) is 0 Å². The standard InChI is InChI=1S/C24H21N3O5S/c1-31-20-12-14-7-8-26(23(22-4-3-9-33-22)17(14)13-21(20)32-2)24(28)19-11-15-10-16(27(29)30)5-6-18(15)25-19/h3-6,9-13,23,25H,7-8H2,1-2H3/t23-/m1/s1. The van der Waals surface area contributed by atoms with E-state index in [2.05, 4.69) is 4.98 Å². The summed E-state index contributed by atoms with van der Waals surface area (Å²) in [7, 11) is 3.21. The molecule has 168 valence electrons. The molecule has 0 unspecified atom stereocenters. The average molecular weight is 464 g/mol. The lowest BCUT2D eigenvalue weighted by Gasteiger charge is -2.37. The van der Waals surface area contributed by atoms with Gasteiger partial charge < -0.3 is 19.4 Å². The summed E-state index contributed by atoms with van der Waals surface area (Å²) in [6, 6.07) is 13.9. The third kappa shape index (κ3) is 3.60. The fraction of sp³-hybridized carbons (Fsp3) is 0.208. The summed E-state index contributed by atoms with van der Waals surface area (Å²) in [6.07, 6.45) is 0.676. The van der Waals surface area contributed by atoms with Crippen molar-refractivity contribution in [2.24, 2.45) is 0 Å². The van der Waals surface area contributed by atoms with Gasteiger partial charge in [-0.1, -0.05) is 6.07 Å². The van der Waals surface area contributed by atoms with E-state index in [-0.39, 0.29) is 17.6 Å². The number of nitro groups is 1. The van der Waals surface area contributed by atoms with Gasteiger partial charge in [0.15, 0.2) is 11.5 Å². The van der Waals surface area contributed by atoms with Gasteiger partial charge in [0.05, 0.1) is 25.2 Å². The second-order valence-corrected chi connectivity index (χ2v) is 8.76. The number of hydrogen-bond acceptors (Lipinski definition) is 6. The minimum absolute atomic E-state index is 0.00935. The van der Waals surface area contributed by atoms with Crippen molar-refractivity contribution in [2.45, 2.75) is 12.5 Å². The van der Waals surface area contributed by atoms with Crippen LogP contribution in [0.15, 0.2) is 53.9 Å². The van der Waals surface area contributed by atoms with Crippen LogP contribution in [-0.4, -0.2) is 41.5 Å². The summed E-state index contributed by atoms with van der Waals surface area (Å²) >= 11 is 1.59. The molecule has 4 aromatic rings. The zero-order valence-corrected chi connectivity index (χ0v) is 18.8. The Morgan fingerprint density at radius 3 is 2.64 bits per heavy atom. The first kappa shape index (κ1) is 21.0. The summed E-state index contributed by atoms with van der Waals surface area (Å²) in [5.41, 5.74) is 3.19. The van der Waals surface area contributed by atoms with Crippen LogP contribution < -0.4 is 9.47 Å². The minimum Gasteiger partial charge on any atom is -0.493 e. The number of non-ortho nitro benzene ring substituents is 1. The number of ether oxygens (including phenoxy) is 2. The van der Waals surface area contributed by atoms with Crippen molar-refractivity contribution >= 4 is 33.8 Å². The van der Waals surface area contributed by atoms with Crippen molar-refractivity contribution < 1.29 is 19.2 Å². The first-order chi connectivity index (χ1) is 16.0. The first-order valence-electron chi connectivity index (χ1n) is 10.4. The Hall–Kier alpha value is -3.85. The van der Waals surface area contributed by atoms with E-state index in [1.807, 2.05) is 34.5 Å². The Labute approximate surface area is 193 Å². The SMILES string of the molecule is COc1cc2c(cc1OC)[C@H](c1cccs1)N(C(=O)c1cc3cc([N+](=O)[O-])ccc3[nH]1)CC2. The highest BCUT2D eigenvalue weighted by Crippen LogP contribution is 2.42. The van der Waals surface area contributed by atoms with Gasteiger partial charge in [-0.3, -0.25) is 14.9 Å². The van der Waals surface area contributed by atoms with Gasteiger partial charge >= 0.3 is 0 Å². The largest absolute Gasteiger partial charge is 0.493 e. The number of nitrogens with zero attached hydrogens (tertiary/aromatic N) is 2. The van der Waals surface area contributed by atoms with Gasteiger partial charge in [0.1, 0.15) is 5.69 Å². The van der Waals surface area contributed by atoms with Crippen molar-refractivity contribution in [3.05, 3.63) is 85.7 Å². The minimum atomic E-state index is -0.440. The Morgan fingerprint density at radius 1 is 1.15 bits per heavy atom. The van der Waals surface area contributed by atoms with Crippen LogP contribution in [0.25, 0.3) is 10.9 Å². The molecule has 0 saturated heterocycles. The van der Waals surface area contributed by atoms with E-state index in [1.165, 1.54) is 12.1 Å². The van der Waals surface area contributed by atoms with Gasteiger partial charge in [-0.15, -0.1) is 11.3 Å². The molecule has 0 radical (unpaired) electrons. The maximum Gasteiger partial charge on any atom is 0.271 e. The number of thiophene rings is 1. The summed E-state index contributed by atoms with van der Waals surface area (Å²) < 4.78 is 11.0. The highest BCUT2D eigenvalue weighted by molar-refractivity contribution is 7.10. The predicted molar refractivity (Wildman–Crippen MR) is 125 cm³/mol. The van der Waals surface area contributed by atoms with Crippen LogP contribution >= 0.6 is 11.3 Å². The highest BCUT2D eigenvalue weighted by Gasteiger charge is 2.35. The molecule has 9 heteroatoms. The van der Waals surface area contributed by atoms with E-state index >= 15 is 0 Å². The first-order valence-corrected chi connectivity index (χ1v) is 11.2.